The molecule has 268 valence electrons. The van der Waals surface area contributed by atoms with E-state index in [0.717, 1.165) is 49.4 Å². The molecule has 0 aromatic rings. The molecule has 1 saturated heterocycles. The number of fused-ring (bicyclic) bond motifs is 2. The fourth-order valence-corrected chi connectivity index (χ4v) is 11.9. The second-order valence-corrected chi connectivity index (χ2v) is 28.6. The van der Waals surface area contributed by atoms with Gasteiger partial charge in [-0.1, -0.05) is 99.2 Å². The molecule has 0 amide bonds. The SMILES string of the molecule is COC1(O[Si](C)(C)C)OC2C(C)=C(C)C3=C(CCC(C)(CCC[C@H](C)CCC[C@H](C)CCC[C@H](C)C(C)C)O3)C2CC1[Si](C)(C)C. The summed E-state index contributed by atoms with van der Waals surface area (Å²) in [5, 5.41) is 0. The molecule has 1 fully saturated rings. The van der Waals surface area contributed by atoms with Crippen molar-refractivity contribution in [2.75, 3.05) is 7.11 Å². The largest absolute Gasteiger partial charge is 0.487 e. The van der Waals surface area contributed by atoms with Gasteiger partial charge in [-0.05, 0) is 113 Å². The Balaban J connectivity index is 1.58. The minimum absolute atomic E-state index is 0.0113. The van der Waals surface area contributed by atoms with Gasteiger partial charge in [0, 0.05) is 18.6 Å². The van der Waals surface area contributed by atoms with Crippen LogP contribution in [0.25, 0.3) is 0 Å². The molecule has 0 radical (unpaired) electrons. The summed E-state index contributed by atoms with van der Waals surface area (Å²) >= 11 is 0. The van der Waals surface area contributed by atoms with Crippen LogP contribution in [0.15, 0.2) is 22.5 Å². The molecular weight excluding hydrogens is 601 g/mol. The number of rotatable bonds is 17. The number of ether oxygens (including phenoxy) is 3. The molecular formula is C40H76O4Si2. The molecule has 2 heterocycles. The van der Waals surface area contributed by atoms with Crippen LogP contribution >= 0.6 is 0 Å². The number of hydrogen-bond acceptors (Lipinski definition) is 4. The van der Waals surface area contributed by atoms with E-state index in [0.29, 0.717) is 5.92 Å². The smallest absolute Gasteiger partial charge is 0.274 e. The summed E-state index contributed by atoms with van der Waals surface area (Å²) in [6.07, 6.45) is 15.3. The van der Waals surface area contributed by atoms with Gasteiger partial charge in [0.2, 0.25) is 0 Å². The summed E-state index contributed by atoms with van der Waals surface area (Å²) in [5.41, 5.74) is 4.23. The normalized spacial score (nSPS) is 31.0. The van der Waals surface area contributed by atoms with E-state index in [2.05, 4.69) is 94.7 Å². The predicted octanol–water partition coefficient (Wildman–Crippen LogP) is 12.5. The number of hydrogen-bond donors (Lipinski definition) is 0. The molecule has 6 heteroatoms. The minimum Gasteiger partial charge on any atom is -0.487 e. The third kappa shape index (κ3) is 10.3. The Kier molecular flexibility index (Phi) is 14.0. The fourth-order valence-electron chi connectivity index (χ4n) is 8.38. The van der Waals surface area contributed by atoms with E-state index in [-0.39, 0.29) is 17.2 Å². The van der Waals surface area contributed by atoms with Crippen molar-refractivity contribution in [3.8, 4) is 0 Å². The average Bonchev–Trinajstić information content (AvgIpc) is 2.94. The van der Waals surface area contributed by atoms with Gasteiger partial charge in [-0.15, -0.1) is 0 Å². The van der Waals surface area contributed by atoms with Crippen LogP contribution in [-0.2, 0) is 18.6 Å². The van der Waals surface area contributed by atoms with E-state index in [1.165, 1.54) is 73.8 Å². The van der Waals surface area contributed by atoms with Crippen molar-refractivity contribution in [2.24, 2.45) is 29.6 Å². The third-order valence-electron chi connectivity index (χ3n) is 12.0. The van der Waals surface area contributed by atoms with E-state index in [9.17, 15) is 0 Å². The molecule has 8 atom stereocenters. The van der Waals surface area contributed by atoms with E-state index in [4.69, 9.17) is 18.6 Å². The summed E-state index contributed by atoms with van der Waals surface area (Å²) in [6, 6.07) is 0. The van der Waals surface area contributed by atoms with Gasteiger partial charge in [0.1, 0.15) is 11.4 Å². The van der Waals surface area contributed by atoms with E-state index >= 15 is 0 Å². The first kappa shape index (κ1) is 40.0. The van der Waals surface area contributed by atoms with Crippen molar-refractivity contribution in [1.29, 1.82) is 0 Å². The first-order valence-corrected chi connectivity index (χ1v) is 26.2. The van der Waals surface area contributed by atoms with E-state index in [1.807, 2.05) is 0 Å². The van der Waals surface area contributed by atoms with Gasteiger partial charge in [0.05, 0.1) is 14.2 Å². The first-order chi connectivity index (χ1) is 21.2. The molecule has 5 unspecified atom stereocenters. The molecule has 1 aliphatic carbocycles. The molecule has 0 N–H and O–H groups in total. The summed E-state index contributed by atoms with van der Waals surface area (Å²) in [4.78, 5) is 0. The Morgan fingerprint density at radius 1 is 0.848 bits per heavy atom. The van der Waals surface area contributed by atoms with Crippen LogP contribution in [0.2, 0.25) is 44.8 Å². The Bertz CT molecular complexity index is 1050. The van der Waals surface area contributed by atoms with Crippen LogP contribution < -0.4 is 0 Å². The quantitative estimate of drug-likeness (QED) is 0.113. The molecule has 46 heavy (non-hydrogen) atoms. The lowest BCUT2D eigenvalue weighted by Crippen LogP contribution is -2.61. The second-order valence-electron chi connectivity index (χ2n) is 18.7. The lowest BCUT2D eigenvalue weighted by atomic mass is 9.72. The highest BCUT2D eigenvalue weighted by Crippen LogP contribution is 2.57. The second kappa shape index (κ2) is 16.1. The van der Waals surface area contributed by atoms with Gasteiger partial charge in [-0.3, -0.25) is 0 Å². The van der Waals surface area contributed by atoms with Crippen molar-refractivity contribution in [3.05, 3.63) is 22.5 Å². The summed E-state index contributed by atoms with van der Waals surface area (Å²) < 4.78 is 27.3. The zero-order valence-corrected chi connectivity index (χ0v) is 35.2. The zero-order chi connectivity index (χ0) is 34.7. The fraction of sp³-hybridized carbons (Fsp3) is 0.900. The highest BCUT2D eigenvalue weighted by Gasteiger charge is 2.59. The van der Waals surface area contributed by atoms with Crippen LogP contribution in [-0.4, -0.2) is 41.2 Å². The molecule has 2 aliphatic heterocycles. The first-order valence-electron chi connectivity index (χ1n) is 19.2. The zero-order valence-electron chi connectivity index (χ0n) is 33.2. The topological polar surface area (TPSA) is 36.9 Å². The predicted molar refractivity (Wildman–Crippen MR) is 202 cm³/mol. The van der Waals surface area contributed by atoms with Gasteiger partial charge < -0.3 is 18.6 Å². The molecule has 0 bridgehead atoms. The lowest BCUT2D eigenvalue weighted by Gasteiger charge is -2.56. The van der Waals surface area contributed by atoms with Crippen LogP contribution in [0.1, 0.15) is 132 Å². The van der Waals surface area contributed by atoms with Gasteiger partial charge in [-0.2, -0.15) is 0 Å². The van der Waals surface area contributed by atoms with Crippen LogP contribution in [0, 0.1) is 29.6 Å². The highest BCUT2D eigenvalue weighted by atomic mass is 28.4. The van der Waals surface area contributed by atoms with Gasteiger partial charge in [0.25, 0.3) is 5.97 Å². The summed E-state index contributed by atoms with van der Waals surface area (Å²) in [7, 11) is -1.85. The van der Waals surface area contributed by atoms with Crippen molar-refractivity contribution in [3.63, 3.8) is 0 Å². The Labute approximate surface area is 288 Å². The lowest BCUT2D eigenvalue weighted by molar-refractivity contribution is -0.372. The standard InChI is InChI=1S/C40H76O4Si2/c1-28(2)31(5)23-17-21-29(3)19-16-20-30(4)22-18-25-39(8)26-24-34-35-27-36(45(10,11)12)40(41-9,44-46(13,14)15)43-38(35)33(7)32(6)37(34)42-39/h28-31,35-36,38H,16-27H2,1-15H3/t29-,30+,31-,35?,36?,38?,39?,40?/m0/s1. The Morgan fingerprint density at radius 3 is 1.93 bits per heavy atom. The highest BCUT2D eigenvalue weighted by molar-refractivity contribution is 6.78. The van der Waals surface area contributed by atoms with Crippen LogP contribution in [0.4, 0.5) is 0 Å². The van der Waals surface area contributed by atoms with E-state index < -0.39 is 22.4 Å². The van der Waals surface area contributed by atoms with E-state index in [1.54, 1.807) is 7.11 Å². The molecule has 0 saturated carbocycles. The summed E-state index contributed by atoms with van der Waals surface area (Å²) in [5.74, 6) is 3.91. The summed E-state index contributed by atoms with van der Waals surface area (Å²) in [6.45, 7) is 33.0. The monoisotopic (exact) mass is 677 g/mol. The maximum Gasteiger partial charge on any atom is 0.274 e. The minimum atomic E-state index is -1.93. The molecule has 3 rings (SSSR count). The molecule has 0 aromatic heterocycles. The average molecular weight is 677 g/mol. The maximum absolute atomic E-state index is 7.08. The number of methoxy groups -OCH3 is 1. The van der Waals surface area contributed by atoms with Crippen molar-refractivity contribution < 1.29 is 18.6 Å². The Morgan fingerprint density at radius 2 is 1.41 bits per heavy atom. The van der Waals surface area contributed by atoms with Crippen LogP contribution in [0.5, 0.6) is 0 Å². The van der Waals surface area contributed by atoms with Gasteiger partial charge in [-0.25, -0.2) is 0 Å². The molecule has 3 aliphatic rings. The Hall–Kier alpha value is -0.406. The third-order valence-corrected chi connectivity index (χ3v) is 15.6. The van der Waals surface area contributed by atoms with Gasteiger partial charge >= 0.3 is 0 Å². The van der Waals surface area contributed by atoms with Crippen LogP contribution in [0.3, 0.4) is 0 Å². The molecule has 4 nitrogen and oxygen atoms in total. The molecule has 0 aromatic carbocycles. The maximum atomic E-state index is 7.08. The van der Waals surface area contributed by atoms with Gasteiger partial charge in [0.15, 0.2) is 8.32 Å². The van der Waals surface area contributed by atoms with Crippen molar-refractivity contribution >= 4 is 16.4 Å². The van der Waals surface area contributed by atoms with Crippen molar-refractivity contribution in [1.82, 2.24) is 0 Å². The van der Waals surface area contributed by atoms with Crippen molar-refractivity contribution in [2.45, 2.75) is 195 Å². The number of allylic oxidation sites excluding steroid dienone is 1. The molecule has 0 spiro atoms.